The smallest absolute Gasteiger partial charge is 0.0594 e. The molecule has 0 aliphatic carbocycles. The van der Waals surface area contributed by atoms with E-state index in [2.05, 4.69) is 49.9 Å². The number of likely N-dealkylation sites (tertiary alicyclic amines) is 1. The summed E-state index contributed by atoms with van der Waals surface area (Å²) in [6, 6.07) is 5.79. The first-order valence-electron chi connectivity index (χ1n) is 7.75. The minimum absolute atomic E-state index is 0.231. The molecule has 2 heterocycles. The Morgan fingerprint density at radius 3 is 2.75 bits per heavy atom. The summed E-state index contributed by atoms with van der Waals surface area (Å²) in [7, 11) is 4.39. The number of likely N-dealkylation sites (N-methyl/N-ethyl adjacent to an activating group) is 1. The number of thiophene rings is 1. The van der Waals surface area contributed by atoms with Crippen molar-refractivity contribution in [2.75, 3.05) is 27.2 Å². The van der Waals surface area contributed by atoms with Crippen molar-refractivity contribution in [2.45, 2.75) is 51.2 Å². The van der Waals surface area contributed by atoms with E-state index < -0.39 is 0 Å². The van der Waals surface area contributed by atoms with Crippen LogP contribution < -0.4 is 5.73 Å². The predicted molar refractivity (Wildman–Crippen MR) is 88.3 cm³/mol. The summed E-state index contributed by atoms with van der Waals surface area (Å²) in [5.74, 6) is 0. The molecule has 0 radical (unpaired) electrons. The third kappa shape index (κ3) is 3.61. The maximum Gasteiger partial charge on any atom is 0.0594 e. The Balaban J connectivity index is 2.18. The van der Waals surface area contributed by atoms with Crippen molar-refractivity contribution in [2.24, 2.45) is 5.73 Å². The van der Waals surface area contributed by atoms with E-state index in [1.807, 2.05) is 11.3 Å². The highest BCUT2D eigenvalue weighted by molar-refractivity contribution is 7.12. The second kappa shape index (κ2) is 7.03. The maximum absolute atomic E-state index is 6.46. The summed E-state index contributed by atoms with van der Waals surface area (Å²) >= 11 is 1.91. The second-order valence-electron chi connectivity index (χ2n) is 6.22. The zero-order chi connectivity index (χ0) is 14.7. The average molecular weight is 295 g/mol. The fourth-order valence-electron chi connectivity index (χ4n) is 3.15. The Hall–Kier alpha value is -0.420. The van der Waals surface area contributed by atoms with Gasteiger partial charge in [0, 0.05) is 28.4 Å². The van der Waals surface area contributed by atoms with Crippen molar-refractivity contribution in [3.05, 3.63) is 21.9 Å². The zero-order valence-corrected chi connectivity index (χ0v) is 14.1. The van der Waals surface area contributed by atoms with Crippen LogP contribution in [0.5, 0.6) is 0 Å². The minimum atomic E-state index is 0.231. The summed E-state index contributed by atoms with van der Waals surface area (Å²) in [6.45, 7) is 6.70. The first kappa shape index (κ1) is 16.0. The lowest BCUT2D eigenvalue weighted by molar-refractivity contribution is 0.0847. The van der Waals surface area contributed by atoms with Crippen LogP contribution in [0, 0.1) is 6.92 Å². The largest absolute Gasteiger partial charge is 0.326 e. The first-order valence-corrected chi connectivity index (χ1v) is 8.57. The van der Waals surface area contributed by atoms with E-state index >= 15 is 0 Å². The fourth-order valence-corrected chi connectivity index (χ4v) is 4.24. The predicted octanol–water partition coefficient (Wildman–Crippen LogP) is 2.86. The third-order valence-electron chi connectivity index (χ3n) is 4.48. The number of piperidine rings is 1. The number of hydrogen-bond acceptors (Lipinski definition) is 4. The van der Waals surface area contributed by atoms with Crippen molar-refractivity contribution < 1.29 is 0 Å². The highest BCUT2D eigenvalue weighted by Crippen LogP contribution is 2.33. The molecule has 1 aliphatic rings. The molecule has 1 aromatic rings. The van der Waals surface area contributed by atoms with Crippen molar-refractivity contribution >= 4 is 11.3 Å². The van der Waals surface area contributed by atoms with E-state index in [-0.39, 0.29) is 6.04 Å². The molecule has 0 saturated carbocycles. The van der Waals surface area contributed by atoms with Crippen LogP contribution in [0.1, 0.15) is 42.0 Å². The van der Waals surface area contributed by atoms with Gasteiger partial charge in [-0.15, -0.1) is 11.3 Å². The molecule has 0 spiro atoms. The lowest BCUT2D eigenvalue weighted by Gasteiger charge is -2.42. The monoisotopic (exact) mass is 295 g/mol. The molecule has 1 aliphatic heterocycles. The van der Waals surface area contributed by atoms with Gasteiger partial charge in [0.25, 0.3) is 0 Å². The van der Waals surface area contributed by atoms with E-state index in [1.165, 1.54) is 29.1 Å². The summed E-state index contributed by atoms with van der Waals surface area (Å²) in [6.07, 6.45) is 3.62. The van der Waals surface area contributed by atoms with Crippen LogP contribution in [0.4, 0.5) is 0 Å². The molecule has 3 unspecified atom stereocenters. The molecule has 0 aromatic carbocycles. The molecular formula is C16H29N3S. The zero-order valence-electron chi connectivity index (χ0n) is 13.3. The number of nitrogens with zero attached hydrogens (tertiary/aromatic N) is 2. The first-order chi connectivity index (χ1) is 9.52. The van der Waals surface area contributed by atoms with Gasteiger partial charge >= 0.3 is 0 Å². The normalized spacial score (nSPS) is 24.0. The van der Waals surface area contributed by atoms with Crippen molar-refractivity contribution in [1.82, 2.24) is 9.80 Å². The lowest BCUT2D eigenvalue weighted by Crippen LogP contribution is -2.50. The molecule has 3 nitrogen and oxygen atoms in total. The summed E-state index contributed by atoms with van der Waals surface area (Å²) < 4.78 is 0. The maximum atomic E-state index is 6.46. The molecule has 4 heteroatoms. The van der Waals surface area contributed by atoms with Gasteiger partial charge in [-0.1, -0.05) is 6.92 Å². The van der Waals surface area contributed by atoms with E-state index in [1.54, 1.807) is 0 Å². The van der Waals surface area contributed by atoms with E-state index in [0.29, 0.717) is 12.1 Å². The van der Waals surface area contributed by atoms with Gasteiger partial charge in [0.15, 0.2) is 0 Å². The molecular weight excluding hydrogens is 266 g/mol. The van der Waals surface area contributed by atoms with Gasteiger partial charge in [-0.25, -0.2) is 0 Å². The van der Waals surface area contributed by atoms with Crippen molar-refractivity contribution in [3.8, 4) is 0 Å². The molecule has 0 amide bonds. The van der Waals surface area contributed by atoms with Crippen molar-refractivity contribution in [3.63, 3.8) is 0 Å². The fraction of sp³-hybridized carbons (Fsp3) is 0.750. The van der Waals surface area contributed by atoms with E-state index in [9.17, 15) is 0 Å². The highest BCUT2D eigenvalue weighted by atomic mass is 32.1. The molecule has 3 atom stereocenters. The van der Waals surface area contributed by atoms with Gasteiger partial charge in [0.05, 0.1) is 6.04 Å². The van der Waals surface area contributed by atoms with Crippen molar-refractivity contribution in [1.29, 1.82) is 0 Å². The average Bonchev–Trinajstić information content (AvgIpc) is 2.85. The SMILES string of the molecule is CCC(N)C(c1ccc(C)s1)N1CCCC(N(C)C)C1. The van der Waals surface area contributed by atoms with Crippen LogP contribution in [0.2, 0.25) is 0 Å². The molecule has 1 aromatic heterocycles. The summed E-state index contributed by atoms with van der Waals surface area (Å²) in [5.41, 5.74) is 6.46. The van der Waals surface area contributed by atoms with Crippen LogP contribution in [-0.2, 0) is 0 Å². The van der Waals surface area contributed by atoms with Gasteiger partial charge in [-0.2, -0.15) is 0 Å². The van der Waals surface area contributed by atoms with Gasteiger partial charge in [-0.3, -0.25) is 4.90 Å². The molecule has 0 bridgehead atoms. The minimum Gasteiger partial charge on any atom is -0.326 e. The summed E-state index contributed by atoms with van der Waals surface area (Å²) in [4.78, 5) is 7.80. The molecule has 2 N–H and O–H groups in total. The third-order valence-corrected chi connectivity index (χ3v) is 5.55. The molecule has 114 valence electrons. The Morgan fingerprint density at radius 2 is 2.20 bits per heavy atom. The lowest BCUT2D eigenvalue weighted by atomic mass is 9.97. The molecule has 1 saturated heterocycles. The van der Waals surface area contributed by atoms with Gasteiger partial charge in [0.2, 0.25) is 0 Å². The van der Waals surface area contributed by atoms with E-state index in [0.717, 1.165) is 13.0 Å². The molecule has 20 heavy (non-hydrogen) atoms. The second-order valence-corrected chi connectivity index (χ2v) is 7.54. The van der Waals surface area contributed by atoms with Crippen LogP contribution in [0.25, 0.3) is 0 Å². The molecule has 2 rings (SSSR count). The molecule has 1 fully saturated rings. The Kier molecular flexibility index (Phi) is 5.61. The Labute approximate surface area is 127 Å². The van der Waals surface area contributed by atoms with Gasteiger partial charge in [0.1, 0.15) is 0 Å². The number of aryl methyl sites for hydroxylation is 1. The number of rotatable bonds is 5. The van der Waals surface area contributed by atoms with Crippen LogP contribution in [0.3, 0.4) is 0 Å². The number of nitrogens with two attached hydrogens (primary N) is 1. The number of hydrogen-bond donors (Lipinski definition) is 1. The standard InChI is InChI=1S/C16H29N3S/c1-5-14(17)16(15-9-8-12(2)20-15)19-10-6-7-13(11-19)18(3)4/h8-9,13-14,16H,5-7,10-11,17H2,1-4H3. The van der Waals surface area contributed by atoms with Crippen LogP contribution in [0.15, 0.2) is 12.1 Å². The topological polar surface area (TPSA) is 32.5 Å². The Bertz CT molecular complexity index is 416. The van der Waals surface area contributed by atoms with Gasteiger partial charge in [-0.05, 0) is 59.0 Å². The van der Waals surface area contributed by atoms with Crippen LogP contribution in [-0.4, -0.2) is 49.1 Å². The quantitative estimate of drug-likeness (QED) is 0.906. The summed E-state index contributed by atoms with van der Waals surface area (Å²) in [5, 5.41) is 0. The van der Waals surface area contributed by atoms with Gasteiger partial charge < -0.3 is 10.6 Å². The highest BCUT2D eigenvalue weighted by Gasteiger charge is 2.31. The van der Waals surface area contributed by atoms with Crippen LogP contribution >= 0.6 is 11.3 Å². The van der Waals surface area contributed by atoms with E-state index in [4.69, 9.17) is 5.73 Å². The Morgan fingerprint density at radius 1 is 1.45 bits per heavy atom.